The lowest BCUT2D eigenvalue weighted by Gasteiger charge is -2.59. The van der Waals surface area contributed by atoms with Gasteiger partial charge in [-0.2, -0.15) is 0 Å². The van der Waals surface area contributed by atoms with Gasteiger partial charge in [0.15, 0.2) is 5.60 Å². The van der Waals surface area contributed by atoms with Gasteiger partial charge >= 0.3 is 5.97 Å². The van der Waals surface area contributed by atoms with E-state index in [1.165, 1.54) is 50.5 Å². The molecular formula is C28H46O3. The Hall–Kier alpha value is -0.830. The molecule has 176 valence electrons. The van der Waals surface area contributed by atoms with Gasteiger partial charge in [-0.3, -0.25) is 0 Å². The Morgan fingerprint density at radius 2 is 1.81 bits per heavy atom. The van der Waals surface area contributed by atoms with Crippen molar-refractivity contribution in [2.24, 2.45) is 46.3 Å². The monoisotopic (exact) mass is 430 g/mol. The third-order valence-electron chi connectivity index (χ3n) is 10.8. The molecule has 0 unspecified atom stereocenters. The summed E-state index contributed by atoms with van der Waals surface area (Å²) < 4.78 is 0. The maximum Gasteiger partial charge on any atom is 0.336 e. The Labute approximate surface area is 190 Å². The van der Waals surface area contributed by atoms with E-state index in [9.17, 15) is 15.0 Å². The molecule has 0 amide bonds. The number of carbonyl (C=O) groups is 1. The van der Waals surface area contributed by atoms with Crippen LogP contribution in [0.15, 0.2) is 11.6 Å². The van der Waals surface area contributed by atoms with Crippen LogP contribution in [0.4, 0.5) is 0 Å². The van der Waals surface area contributed by atoms with E-state index in [4.69, 9.17) is 0 Å². The van der Waals surface area contributed by atoms with Crippen LogP contribution in [0.25, 0.3) is 0 Å². The van der Waals surface area contributed by atoms with Crippen molar-refractivity contribution in [2.45, 2.75) is 111 Å². The largest absolute Gasteiger partial charge is 0.479 e. The van der Waals surface area contributed by atoms with Crippen LogP contribution >= 0.6 is 0 Å². The number of carboxylic acid groups (broad SMARTS) is 1. The van der Waals surface area contributed by atoms with Gasteiger partial charge in [0.05, 0.1) is 0 Å². The Morgan fingerprint density at radius 1 is 1.06 bits per heavy atom. The second-order valence-corrected chi connectivity index (χ2v) is 12.8. The number of carboxylic acids is 1. The first-order valence-corrected chi connectivity index (χ1v) is 13.2. The molecule has 0 aliphatic heterocycles. The molecule has 4 aliphatic carbocycles. The molecule has 0 aromatic carbocycles. The van der Waals surface area contributed by atoms with E-state index in [0.29, 0.717) is 24.2 Å². The van der Waals surface area contributed by atoms with E-state index in [0.717, 1.165) is 42.4 Å². The van der Waals surface area contributed by atoms with E-state index in [-0.39, 0.29) is 5.41 Å². The second kappa shape index (κ2) is 8.19. The molecule has 3 nitrogen and oxygen atoms in total. The summed E-state index contributed by atoms with van der Waals surface area (Å²) in [7, 11) is 0. The summed E-state index contributed by atoms with van der Waals surface area (Å²) in [6, 6.07) is 0. The molecule has 0 radical (unpaired) electrons. The highest BCUT2D eigenvalue weighted by Gasteiger charge is 2.60. The summed E-state index contributed by atoms with van der Waals surface area (Å²) in [5, 5.41) is 20.2. The first-order chi connectivity index (χ1) is 14.5. The van der Waals surface area contributed by atoms with Crippen molar-refractivity contribution in [3.05, 3.63) is 11.6 Å². The smallest absolute Gasteiger partial charge is 0.336 e. The summed E-state index contributed by atoms with van der Waals surface area (Å²) in [5.41, 5.74) is 0.263. The van der Waals surface area contributed by atoms with Crippen molar-refractivity contribution < 1.29 is 15.0 Å². The predicted molar refractivity (Wildman–Crippen MR) is 126 cm³/mol. The summed E-state index contributed by atoms with van der Waals surface area (Å²) in [4.78, 5) is 11.7. The van der Waals surface area contributed by atoms with E-state index in [1.54, 1.807) is 0 Å². The average Bonchev–Trinajstić information content (AvgIpc) is 3.05. The van der Waals surface area contributed by atoms with Crippen LogP contribution in [0.3, 0.4) is 0 Å². The molecule has 8 atom stereocenters. The quantitative estimate of drug-likeness (QED) is 0.453. The summed E-state index contributed by atoms with van der Waals surface area (Å²) in [6.07, 6.45) is 14.5. The molecule has 3 fully saturated rings. The highest BCUT2D eigenvalue weighted by molar-refractivity contribution is 5.78. The Balaban J connectivity index is 1.51. The van der Waals surface area contributed by atoms with Gasteiger partial charge in [-0.15, -0.1) is 0 Å². The van der Waals surface area contributed by atoms with E-state index in [2.05, 4.69) is 40.7 Å². The lowest BCUT2D eigenvalue weighted by Crippen LogP contribution is -2.54. The molecule has 0 aromatic rings. The topological polar surface area (TPSA) is 57.5 Å². The summed E-state index contributed by atoms with van der Waals surface area (Å²) in [5.74, 6) is 3.70. The third kappa shape index (κ3) is 3.81. The van der Waals surface area contributed by atoms with Gasteiger partial charge in [0.1, 0.15) is 0 Å². The Kier molecular flexibility index (Phi) is 6.16. The number of fused-ring (bicyclic) bond motifs is 5. The fraction of sp³-hybridized carbons (Fsp3) is 0.893. The highest BCUT2D eigenvalue weighted by atomic mass is 16.4. The first kappa shape index (κ1) is 23.3. The van der Waals surface area contributed by atoms with Crippen molar-refractivity contribution in [1.29, 1.82) is 0 Å². The molecule has 0 saturated heterocycles. The number of hydrogen-bond donors (Lipinski definition) is 2. The molecule has 0 bridgehead atoms. The van der Waals surface area contributed by atoms with E-state index >= 15 is 0 Å². The first-order valence-electron chi connectivity index (χ1n) is 13.2. The molecular weight excluding hydrogens is 384 g/mol. The van der Waals surface area contributed by atoms with Crippen LogP contribution in [0.5, 0.6) is 0 Å². The minimum atomic E-state index is -1.55. The predicted octanol–water partition coefficient (Wildman–Crippen LogP) is 6.84. The van der Waals surface area contributed by atoms with Gasteiger partial charge in [-0.25, -0.2) is 4.79 Å². The second-order valence-electron chi connectivity index (χ2n) is 12.8. The Morgan fingerprint density at radius 3 is 2.48 bits per heavy atom. The van der Waals surface area contributed by atoms with Crippen LogP contribution in [0.1, 0.15) is 105 Å². The summed E-state index contributed by atoms with van der Waals surface area (Å²) in [6.45, 7) is 12.2. The molecule has 0 heterocycles. The third-order valence-corrected chi connectivity index (χ3v) is 10.8. The van der Waals surface area contributed by atoms with Gasteiger partial charge in [0, 0.05) is 6.42 Å². The maximum atomic E-state index is 11.7. The fourth-order valence-corrected chi connectivity index (χ4v) is 8.85. The molecule has 4 rings (SSSR count). The number of hydrogen-bond acceptors (Lipinski definition) is 2. The van der Waals surface area contributed by atoms with Crippen molar-refractivity contribution in [1.82, 2.24) is 0 Å². The number of allylic oxidation sites excluding steroid dienone is 1. The summed E-state index contributed by atoms with van der Waals surface area (Å²) >= 11 is 0. The van der Waals surface area contributed by atoms with Gasteiger partial charge in [0.25, 0.3) is 0 Å². The van der Waals surface area contributed by atoms with E-state index in [1.807, 2.05) is 0 Å². The lowest BCUT2D eigenvalue weighted by molar-refractivity contribution is -0.163. The number of aliphatic hydroxyl groups is 1. The fourth-order valence-electron chi connectivity index (χ4n) is 8.85. The lowest BCUT2D eigenvalue weighted by atomic mass is 9.46. The minimum absolute atomic E-state index is 0.0902. The molecule has 0 spiro atoms. The Bertz CT molecular complexity index is 726. The van der Waals surface area contributed by atoms with Crippen LogP contribution in [-0.2, 0) is 4.79 Å². The zero-order valence-electron chi connectivity index (χ0n) is 20.6. The zero-order chi connectivity index (χ0) is 22.6. The highest BCUT2D eigenvalue weighted by Crippen LogP contribution is 2.67. The molecule has 2 N–H and O–H groups in total. The number of rotatable bonds is 6. The van der Waals surface area contributed by atoms with Crippen molar-refractivity contribution in [3.63, 3.8) is 0 Å². The normalized spacial score (nSPS) is 45.5. The minimum Gasteiger partial charge on any atom is -0.479 e. The number of aliphatic carboxylic acids is 1. The van der Waals surface area contributed by atoms with Gasteiger partial charge < -0.3 is 10.2 Å². The van der Waals surface area contributed by atoms with E-state index < -0.39 is 11.6 Å². The molecule has 4 aliphatic rings. The SMILES string of the molecule is CC(C)CCC[C@@H](C)[C@H]1CC[C@H]2[C@@H]3CC=C4C[C@](O)(C(=O)O)CC[C@]4(C)[C@H]3CC[C@]12C. The average molecular weight is 431 g/mol. The molecule has 0 aromatic heterocycles. The van der Waals surface area contributed by atoms with Gasteiger partial charge in [0.2, 0.25) is 0 Å². The van der Waals surface area contributed by atoms with Crippen LogP contribution < -0.4 is 0 Å². The standard InChI is InChI=1S/C28H46O3/c1-18(2)7-6-8-19(3)22-11-12-23-21-10-9-20-17-28(31,25(29)30)16-15-26(20,4)24(21)13-14-27(22,23)5/h9,18-19,21-24,31H,6-8,10-17H2,1-5H3,(H,29,30)/t19-,21+,22-,23+,24+,26+,27-,28+/m1/s1. The zero-order valence-corrected chi connectivity index (χ0v) is 20.6. The molecule has 3 saturated carbocycles. The van der Waals surface area contributed by atoms with Gasteiger partial charge in [-0.05, 0) is 91.3 Å². The van der Waals surface area contributed by atoms with Crippen molar-refractivity contribution >= 4 is 5.97 Å². The van der Waals surface area contributed by atoms with Crippen LogP contribution in [-0.4, -0.2) is 21.8 Å². The van der Waals surface area contributed by atoms with Crippen LogP contribution in [0, 0.1) is 46.3 Å². The molecule has 3 heteroatoms. The van der Waals surface area contributed by atoms with Crippen molar-refractivity contribution in [3.8, 4) is 0 Å². The maximum absolute atomic E-state index is 11.7. The molecule has 31 heavy (non-hydrogen) atoms. The van der Waals surface area contributed by atoms with Gasteiger partial charge in [-0.1, -0.05) is 65.5 Å². The van der Waals surface area contributed by atoms with Crippen molar-refractivity contribution in [2.75, 3.05) is 0 Å². The van der Waals surface area contributed by atoms with Crippen LogP contribution in [0.2, 0.25) is 0 Å².